The van der Waals surface area contributed by atoms with Crippen LogP contribution in [0.2, 0.25) is 5.02 Å². The summed E-state index contributed by atoms with van der Waals surface area (Å²) in [7, 11) is 0. The highest BCUT2D eigenvalue weighted by atomic mass is 35.5. The summed E-state index contributed by atoms with van der Waals surface area (Å²) in [5.41, 5.74) is 2.68. The zero-order valence-electron chi connectivity index (χ0n) is 8.51. The molecule has 3 N–H and O–H groups in total. The minimum absolute atomic E-state index is 0.0538. The van der Waals surface area contributed by atoms with E-state index in [1.54, 1.807) is 0 Å². The van der Waals surface area contributed by atoms with Gasteiger partial charge in [0.25, 0.3) is 0 Å². The van der Waals surface area contributed by atoms with E-state index in [4.69, 9.17) is 11.6 Å². The number of anilines is 1. The molecule has 1 rings (SSSR count). The van der Waals surface area contributed by atoms with Crippen molar-refractivity contribution in [2.24, 2.45) is 0 Å². The van der Waals surface area contributed by atoms with E-state index in [0.29, 0.717) is 5.02 Å². The van der Waals surface area contributed by atoms with E-state index in [9.17, 15) is 22.8 Å². The van der Waals surface area contributed by atoms with E-state index in [2.05, 4.69) is 10.3 Å². The maximum absolute atomic E-state index is 11.8. The van der Waals surface area contributed by atoms with Gasteiger partial charge in [-0.15, -0.1) is 0 Å². The Morgan fingerprint density at radius 2 is 1.89 bits per heavy atom. The Kier molecular flexibility index (Phi) is 4.32. The van der Waals surface area contributed by atoms with Gasteiger partial charge in [-0.05, 0) is 12.1 Å². The number of carbonyl (C=O) groups excluding carboxylic acids is 2. The largest absolute Gasteiger partial charge is 0.472 e. The maximum atomic E-state index is 11.8. The summed E-state index contributed by atoms with van der Waals surface area (Å²) < 4.78 is 35.3. The molecule has 0 aliphatic heterocycles. The minimum Gasteiger partial charge on any atom is -0.291 e. The van der Waals surface area contributed by atoms with Crippen molar-refractivity contribution in [1.82, 2.24) is 15.8 Å². The van der Waals surface area contributed by atoms with Crippen LogP contribution in [0.5, 0.6) is 0 Å². The summed E-state index contributed by atoms with van der Waals surface area (Å²) in [4.78, 5) is 25.1. The average molecular weight is 283 g/mol. The van der Waals surface area contributed by atoms with Crippen molar-refractivity contribution in [3.8, 4) is 0 Å². The first-order valence-corrected chi connectivity index (χ1v) is 4.72. The smallest absolute Gasteiger partial charge is 0.291 e. The highest BCUT2D eigenvalue weighted by molar-refractivity contribution is 6.30. The predicted molar refractivity (Wildman–Crippen MR) is 55.6 cm³/mol. The number of nitrogens with zero attached hydrogens (tertiary/aromatic N) is 1. The number of hydrogen-bond donors (Lipinski definition) is 3. The molecule has 1 aromatic heterocycles. The number of hydrogen-bond acceptors (Lipinski definition) is 3. The summed E-state index contributed by atoms with van der Waals surface area (Å²) in [6.07, 6.45) is -3.85. The highest BCUT2D eigenvalue weighted by Crippen LogP contribution is 2.13. The van der Waals surface area contributed by atoms with Crippen molar-refractivity contribution < 1.29 is 22.8 Å². The molecule has 0 saturated heterocycles. The van der Waals surface area contributed by atoms with E-state index in [0.717, 1.165) is 0 Å². The number of aromatic nitrogens is 1. The number of carbonyl (C=O) groups is 2. The van der Waals surface area contributed by atoms with Crippen molar-refractivity contribution in [1.29, 1.82) is 0 Å². The van der Waals surface area contributed by atoms with Crippen molar-refractivity contribution in [2.45, 2.75) is 6.18 Å². The molecule has 0 aromatic carbocycles. The third-order valence-corrected chi connectivity index (χ3v) is 1.74. The van der Waals surface area contributed by atoms with Crippen LogP contribution in [-0.4, -0.2) is 23.1 Å². The fourth-order valence-electron chi connectivity index (χ4n) is 0.782. The van der Waals surface area contributed by atoms with E-state index in [1.807, 2.05) is 0 Å². The monoisotopic (exact) mass is 282 g/mol. The quantitative estimate of drug-likeness (QED) is 0.682. The number of hydrazine groups is 1. The molecule has 1 heterocycles. The Bertz CT molecular complexity index is 449. The van der Waals surface area contributed by atoms with Crippen LogP contribution < -0.4 is 16.2 Å². The summed E-state index contributed by atoms with van der Waals surface area (Å²) in [5, 5.41) is 2.40. The standard InChI is InChI=1S/C8H6ClF3N4O2/c9-4-1-2-5(13-3-4)14-7(18)16-15-6(17)8(10,11)12/h1-3H,(H,15,17)(H2,13,14,16,18). The third kappa shape index (κ3) is 4.45. The Labute approximate surface area is 103 Å². The normalized spacial score (nSPS) is 10.7. The summed E-state index contributed by atoms with van der Waals surface area (Å²) in [6.45, 7) is 0. The third-order valence-electron chi connectivity index (χ3n) is 1.52. The zero-order valence-corrected chi connectivity index (χ0v) is 9.26. The Morgan fingerprint density at radius 1 is 1.22 bits per heavy atom. The molecule has 0 fully saturated rings. The first-order chi connectivity index (χ1) is 8.29. The molecule has 10 heteroatoms. The van der Waals surface area contributed by atoms with Gasteiger partial charge < -0.3 is 0 Å². The lowest BCUT2D eigenvalue weighted by Gasteiger charge is -2.09. The number of alkyl halides is 3. The number of halogens is 4. The van der Waals surface area contributed by atoms with Crippen molar-refractivity contribution in [3.63, 3.8) is 0 Å². The van der Waals surface area contributed by atoms with E-state index in [1.165, 1.54) is 29.2 Å². The Balaban J connectivity index is 2.43. The molecule has 0 aliphatic carbocycles. The van der Waals surface area contributed by atoms with E-state index >= 15 is 0 Å². The molecule has 0 atom stereocenters. The molecule has 0 saturated carbocycles. The van der Waals surface area contributed by atoms with Crippen molar-refractivity contribution in [3.05, 3.63) is 23.4 Å². The van der Waals surface area contributed by atoms with Crippen LogP contribution in [0.1, 0.15) is 0 Å². The van der Waals surface area contributed by atoms with Gasteiger partial charge in [-0.1, -0.05) is 11.6 Å². The van der Waals surface area contributed by atoms with Crippen LogP contribution in [-0.2, 0) is 4.79 Å². The second kappa shape index (κ2) is 5.54. The molecule has 3 amide bonds. The molecule has 0 spiro atoms. The summed E-state index contributed by atoms with van der Waals surface area (Å²) in [6, 6.07) is 1.66. The maximum Gasteiger partial charge on any atom is 0.472 e. The second-order valence-corrected chi connectivity index (χ2v) is 3.33. The Morgan fingerprint density at radius 3 is 2.39 bits per heavy atom. The van der Waals surface area contributed by atoms with E-state index in [-0.39, 0.29) is 5.82 Å². The predicted octanol–water partition coefficient (Wildman–Crippen LogP) is 1.45. The van der Waals surface area contributed by atoms with Crippen molar-refractivity contribution in [2.75, 3.05) is 5.32 Å². The fourth-order valence-corrected chi connectivity index (χ4v) is 0.894. The van der Waals surface area contributed by atoms with Gasteiger partial charge in [0.15, 0.2) is 0 Å². The first kappa shape index (κ1) is 14.0. The minimum atomic E-state index is -5.08. The van der Waals surface area contributed by atoms with Crippen LogP contribution in [0.25, 0.3) is 0 Å². The van der Waals surface area contributed by atoms with Gasteiger partial charge >= 0.3 is 18.1 Å². The highest BCUT2D eigenvalue weighted by Gasteiger charge is 2.38. The van der Waals surface area contributed by atoms with Crippen LogP contribution in [0.4, 0.5) is 23.8 Å². The number of rotatable bonds is 1. The second-order valence-electron chi connectivity index (χ2n) is 2.89. The topological polar surface area (TPSA) is 83.1 Å². The first-order valence-electron chi connectivity index (χ1n) is 4.35. The number of nitrogens with one attached hydrogen (secondary N) is 3. The zero-order chi connectivity index (χ0) is 13.8. The molecular formula is C8H6ClF3N4O2. The summed E-state index contributed by atoms with van der Waals surface area (Å²) in [5.74, 6) is -2.24. The number of amides is 3. The van der Waals surface area contributed by atoms with Crippen LogP contribution in [0, 0.1) is 0 Å². The van der Waals surface area contributed by atoms with Gasteiger partial charge in [-0.3, -0.25) is 15.5 Å². The molecule has 18 heavy (non-hydrogen) atoms. The van der Waals surface area contributed by atoms with Crippen LogP contribution in [0.3, 0.4) is 0 Å². The molecular weight excluding hydrogens is 277 g/mol. The summed E-state index contributed by atoms with van der Waals surface area (Å²) >= 11 is 5.53. The van der Waals surface area contributed by atoms with Gasteiger partial charge in [0.05, 0.1) is 5.02 Å². The lowest BCUT2D eigenvalue weighted by molar-refractivity contribution is -0.174. The van der Waals surface area contributed by atoms with Gasteiger partial charge in [-0.2, -0.15) is 13.2 Å². The van der Waals surface area contributed by atoms with Gasteiger partial charge in [0.1, 0.15) is 5.82 Å². The molecule has 0 unspecified atom stereocenters. The van der Waals surface area contributed by atoms with Gasteiger partial charge in [0.2, 0.25) is 0 Å². The molecule has 6 nitrogen and oxygen atoms in total. The molecule has 0 aliphatic rings. The number of urea groups is 1. The molecule has 0 bridgehead atoms. The molecule has 98 valence electrons. The molecule has 0 radical (unpaired) electrons. The van der Waals surface area contributed by atoms with Crippen LogP contribution >= 0.6 is 11.6 Å². The van der Waals surface area contributed by atoms with Gasteiger partial charge in [0, 0.05) is 6.20 Å². The van der Waals surface area contributed by atoms with Crippen LogP contribution in [0.15, 0.2) is 18.3 Å². The number of pyridine rings is 1. The lowest BCUT2D eigenvalue weighted by atomic mass is 10.5. The lowest BCUT2D eigenvalue weighted by Crippen LogP contribution is -2.49. The van der Waals surface area contributed by atoms with Gasteiger partial charge in [-0.25, -0.2) is 15.2 Å². The Hall–Kier alpha value is -2.03. The van der Waals surface area contributed by atoms with E-state index < -0.39 is 18.1 Å². The van der Waals surface area contributed by atoms with Crippen molar-refractivity contribution >= 4 is 29.4 Å². The molecule has 1 aromatic rings. The fraction of sp³-hybridized carbons (Fsp3) is 0.125. The average Bonchev–Trinajstić information content (AvgIpc) is 2.28. The SMILES string of the molecule is O=C(NNC(=O)C(F)(F)F)Nc1ccc(Cl)cn1.